The zero-order chi connectivity index (χ0) is 33.9. The van der Waals surface area contributed by atoms with Crippen molar-refractivity contribution >= 4 is 6.08 Å². The first kappa shape index (κ1) is 35.7. The second-order valence-electron chi connectivity index (χ2n) is 11.7. The number of likely N-dealkylation sites (N-methyl/N-ethyl adjacent to an activating group) is 3. The lowest BCUT2D eigenvalue weighted by Gasteiger charge is -2.37. The highest BCUT2D eigenvalue weighted by atomic mass is 16.5. The Bertz CT molecular complexity index is 1500. The van der Waals surface area contributed by atoms with Crippen LogP contribution in [0.4, 0.5) is 0 Å². The molecule has 0 radical (unpaired) electrons. The average Bonchev–Trinajstić information content (AvgIpc) is 3.08. The quantitative estimate of drug-likeness (QED) is 0.261. The summed E-state index contributed by atoms with van der Waals surface area (Å²) in [7, 11) is 5.34. The van der Waals surface area contributed by atoms with Crippen LogP contribution < -0.4 is 24.7 Å². The van der Waals surface area contributed by atoms with Crippen molar-refractivity contribution in [3.8, 4) is 29.1 Å². The number of nitrogens with two attached hydrogens (primary N) is 1. The highest BCUT2D eigenvalue weighted by Gasteiger charge is 2.37. The molecule has 2 heterocycles. The Balaban J connectivity index is 1.65. The SMILES string of the molecule is CCN(CC)CCOc1ccc(/C=C2\CN(C)CC3=C2OC(N)=C(C#N)C3c2ccc(OCCN(CC)CC)c(OC)c2)cc1OC. The van der Waals surface area contributed by atoms with E-state index in [2.05, 4.69) is 61.6 Å². The summed E-state index contributed by atoms with van der Waals surface area (Å²) in [6.07, 6.45) is 2.09. The Hall–Kier alpha value is -4.17. The molecule has 0 amide bonds. The molecule has 0 bridgehead atoms. The van der Waals surface area contributed by atoms with Crippen LogP contribution in [0.25, 0.3) is 6.08 Å². The molecule has 0 aromatic heterocycles. The molecule has 10 nitrogen and oxygen atoms in total. The molecule has 254 valence electrons. The van der Waals surface area contributed by atoms with E-state index in [1.807, 2.05) is 36.4 Å². The second-order valence-corrected chi connectivity index (χ2v) is 11.7. The third-order valence-electron chi connectivity index (χ3n) is 8.87. The summed E-state index contributed by atoms with van der Waals surface area (Å²) in [5.74, 6) is 3.05. The number of nitriles is 1. The van der Waals surface area contributed by atoms with Gasteiger partial charge in [0.1, 0.15) is 30.6 Å². The average molecular weight is 646 g/mol. The van der Waals surface area contributed by atoms with Gasteiger partial charge in [0.2, 0.25) is 5.88 Å². The first-order chi connectivity index (χ1) is 22.8. The normalized spacial score (nSPS) is 17.5. The van der Waals surface area contributed by atoms with E-state index < -0.39 is 5.92 Å². The molecule has 0 saturated heterocycles. The van der Waals surface area contributed by atoms with Crippen molar-refractivity contribution in [1.82, 2.24) is 14.7 Å². The van der Waals surface area contributed by atoms with E-state index in [1.165, 1.54) is 0 Å². The van der Waals surface area contributed by atoms with Gasteiger partial charge in [0.05, 0.1) is 20.1 Å². The van der Waals surface area contributed by atoms with Crippen LogP contribution >= 0.6 is 0 Å². The maximum absolute atomic E-state index is 10.2. The van der Waals surface area contributed by atoms with Crippen molar-refractivity contribution in [2.45, 2.75) is 33.6 Å². The van der Waals surface area contributed by atoms with Crippen LogP contribution in [0.1, 0.15) is 44.7 Å². The van der Waals surface area contributed by atoms with Crippen molar-refractivity contribution in [1.29, 1.82) is 5.26 Å². The summed E-state index contributed by atoms with van der Waals surface area (Å²) in [4.78, 5) is 6.83. The van der Waals surface area contributed by atoms with Gasteiger partial charge in [-0.15, -0.1) is 0 Å². The van der Waals surface area contributed by atoms with Gasteiger partial charge in [0.25, 0.3) is 0 Å². The zero-order valence-electron chi connectivity index (χ0n) is 29.1. The fourth-order valence-electron chi connectivity index (χ4n) is 6.15. The fourth-order valence-corrected chi connectivity index (χ4v) is 6.15. The molecule has 0 aliphatic carbocycles. The molecule has 2 aromatic carbocycles. The van der Waals surface area contributed by atoms with E-state index in [0.29, 0.717) is 60.6 Å². The van der Waals surface area contributed by atoms with Crippen molar-refractivity contribution in [2.24, 2.45) is 5.73 Å². The van der Waals surface area contributed by atoms with Crippen LogP contribution in [-0.4, -0.2) is 102 Å². The van der Waals surface area contributed by atoms with Gasteiger partial charge in [0.15, 0.2) is 23.0 Å². The number of hydrogen-bond acceptors (Lipinski definition) is 10. The Labute approximate surface area is 280 Å². The van der Waals surface area contributed by atoms with Gasteiger partial charge in [-0.2, -0.15) is 5.26 Å². The smallest absolute Gasteiger partial charge is 0.205 e. The van der Waals surface area contributed by atoms with Crippen LogP contribution in [0.5, 0.6) is 23.0 Å². The summed E-state index contributed by atoms with van der Waals surface area (Å²) < 4.78 is 29.9. The lowest BCUT2D eigenvalue weighted by atomic mass is 9.80. The number of hydrogen-bond donors (Lipinski definition) is 1. The second kappa shape index (κ2) is 17.1. The van der Waals surface area contributed by atoms with Crippen LogP contribution in [0, 0.1) is 11.3 Å². The van der Waals surface area contributed by atoms with Crippen LogP contribution in [-0.2, 0) is 4.74 Å². The van der Waals surface area contributed by atoms with Crippen LogP contribution in [0.3, 0.4) is 0 Å². The molecule has 1 unspecified atom stereocenters. The highest BCUT2D eigenvalue weighted by Crippen LogP contribution is 2.45. The number of ether oxygens (including phenoxy) is 5. The third-order valence-corrected chi connectivity index (χ3v) is 8.87. The van der Waals surface area contributed by atoms with Crippen LogP contribution in [0.15, 0.2) is 64.8 Å². The van der Waals surface area contributed by atoms with Gasteiger partial charge in [-0.25, -0.2) is 0 Å². The fraction of sp³-hybridized carbons (Fsp3) is 0.486. The van der Waals surface area contributed by atoms with E-state index >= 15 is 0 Å². The molecular formula is C37H51N5O5. The molecule has 0 saturated carbocycles. The van der Waals surface area contributed by atoms with Crippen molar-refractivity contribution in [3.05, 3.63) is 75.9 Å². The van der Waals surface area contributed by atoms with E-state index in [4.69, 9.17) is 29.4 Å². The minimum atomic E-state index is -0.398. The van der Waals surface area contributed by atoms with Gasteiger partial charge in [-0.1, -0.05) is 39.8 Å². The molecular weight excluding hydrogens is 594 g/mol. The minimum absolute atomic E-state index is 0.111. The molecule has 2 N–H and O–H groups in total. The summed E-state index contributed by atoms with van der Waals surface area (Å²) in [6, 6.07) is 14.1. The Kier molecular flexibility index (Phi) is 13.0. The van der Waals surface area contributed by atoms with Crippen molar-refractivity contribution in [3.63, 3.8) is 0 Å². The molecule has 10 heteroatoms. The molecule has 2 aromatic rings. The maximum atomic E-state index is 10.2. The minimum Gasteiger partial charge on any atom is -0.493 e. The zero-order valence-corrected chi connectivity index (χ0v) is 29.1. The van der Waals surface area contributed by atoms with E-state index in [9.17, 15) is 5.26 Å². The number of benzene rings is 2. The number of rotatable bonds is 16. The first-order valence-corrected chi connectivity index (χ1v) is 16.6. The van der Waals surface area contributed by atoms with E-state index in [1.54, 1.807) is 14.2 Å². The molecule has 0 spiro atoms. The predicted octanol–water partition coefficient (Wildman–Crippen LogP) is 5.24. The topological polar surface area (TPSA) is 106 Å². The molecule has 47 heavy (non-hydrogen) atoms. The van der Waals surface area contributed by atoms with Gasteiger partial charge in [-0.3, -0.25) is 4.90 Å². The van der Waals surface area contributed by atoms with E-state index in [-0.39, 0.29) is 5.88 Å². The van der Waals surface area contributed by atoms with Gasteiger partial charge >= 0.3 is 0 Å². The monoisotopic (exact) mass is 645 g/mol. The van der Waals surface area contributed by atoms with Crippen LogP contribution in [0.2, 0.25) is 0 Å². The molecule has 1 atom stereocenters. The Morgan fingerprint density at radius 2 is 1.45 bits per heavy atom. The summed E-state index contributed by atoms with van der Waals surface area (Å²) in [5.41, 5.74) is 10.6. The molecule has 2 aliphatic rings. The lowest BCUT2D eigenvalue weighted by molar-refractivity contribution is 0.217. The summed E-state index contributed by atoms with van der Waals surface area (Å²) in [5, 5.41) is 10.2. The van der Waals surface area contributed by atoms with Crippen molar-refractivity contribution in [2.75, 3.05) is 86.8 Å². The summed E-state index contributed by atoms with van der Waals surface area (Å²) >= 11 is 0. The van der Waals surface area contributed by atoms with E-state index in [0.717, 1.165) is 61.5 Å². The standard InChI is InChI=1S/C37H51N5O5/c1-8-41(9-2)16-18-45-31-14-12-26(21-33(31)43-6)20-28-24-40(5)25-30-35(29(23-38)37(39)47-36(28)30)27-13-15-32(34(22-27)44-7)46-19-17-42(10-3)11-4/h12-15,20-22,35H,8-11,16-19,24-25,39H2,1-7H3/b28-20+. The Morgan fingerprint density at radius 1 is 0.872 bits per heavy atom. The third kappa shape index (κ3) is 8.60. The predicted molar refractivity (Wildman–Crippen MR) is 186 cm³/mol. The molecule has 4 rings (SSSR count). The lowest BCUT2D eigenvalue weighted by Crippen LogP contribution is -2.36. The molecule has 2 aliphatic heterocycles. The number of nitrogens with zero attached hydrogens (tertiary/aromatic N) is 4. The molecule has 0 fully saturated rings. The maximum Gasteiger partial charge on any atom is 0.205 e. The largest absolute Gasteiger partial charge is 0.493 e. The number of methoxy groups -OCH3 is 2. The first-order valence-electron chi connectivity index (χ1n) is 16.6. The van der Waals surface area contributed by atoms with Gasteiger partial charge < -0.3 is 39.2 Å². The Morgan fingerprint density at radius 3 is 2.00 bits per heavy atom. The summed E-state index contributed by atoms with van der Waals surface area (Å²) in [6.45, 7) is 16.6. The number of allylic oxidation sites excluding steroid dienone is 1. The van der Waals surface area contributed by atoms with Gasteiger partial charge in [-0.05, 0) is 80.3 Å². The highest BCUT2D eigenvalue weighted by molar-refractivity contribution is 5.65. The van der Waals surface area contributed by atoms with Crippen molar-refractivity contribution < 1.29 is 23.7 Å². The van der Waals surface area contributed by atoms with Gasteiger partial charge in [0, 0.05) is 31.8 Å².